The molecule has 0 saturated heterocycles. The predicted octanol–water partition coefficient (Wildman–Crippen LogP) is 4.27. The van der Waals surface area contributed by atoms with E-state index >= 15 is 0 Å². The van der Waals surface area contributed by atoms with Gasteiger partial charge in [0.25, 0.3) is 0 Å². The molecule has 2 aromatic rings. The van der Waals surface area contributed by atoms with Gasteiger partial charge in [0.05, 0.1) is 12.3 Å². The van der Waals surface area contributed by atoms with E-state index in [2.05, 4.69) is 5.10 Å². The number of aryl methyl sites for hydroxylation is 1. The molecule has 0 atom stereocenters. The smallest absolute Gasteiger partial charge is 0.435 e. The van der Waals surface area contributed by atoms with Gasteiger partial charge in [-0.3, -0.25) is 0 Å². The van der Waals surface area contributed by atoms with E-state index < -0.39 is 18.0 Å². The molecule has 0 fully saturated rings. The van der Waals surface area contributed by atoms with Gasteiger partial charge < -0.3 is 4.74 Å². The summed E-state index contributed by atoms with van der Waals surface area (Å²) in [5.41, 5.74) is 0.339. The van der Waals surface area contributed by atoms with Crippen LogP contribution in [0.3, 0.4) is 0 Å². The molecule has 0 unspecified atom stereocenters. The van der Waals surface area contributed by atoms with Gasteiger partial charge in [0.15, 0.2) is 5.69 Å². The quantitative estimate of drug-likeness (QED) is 0.850. The number of carbonyl (C=O) groups excluding carboxylic acids is 1. The average Bonchev–Trinajstić information content (AvgIpc) is 2.91. The number of carbonyl (C=O) groups is 1. The molecule has 22 heavy (non-hydrogen) atoms. The predicted molar refractivity (Wildman–Crippen MR) is 74.4 cm³/mol. The minimum absolute atomic E-state index is 0.0495. The van der Waals surface area contributed by atoms with Crippen LogP contribution < -0.4 is 0 Å². The molecule has 0 aliphatic rings. The van der Waals surface area contributed by atoms with Crippen molar-refractivity contribution in [3.8, 4) is 11.3 Å². The van der Waals surface area contributed by atoms with Crippen LogP contribution in [0.15, 0.2) is 30.3 Å². The van der Waals surface area contributed by atoms with Gasteiger partial charge in [-0.25, -0.2) is 4.79 Å². The highest BCUT2D eigenvalue weighted by atomic mass is 19.4. The SMILES string of the molecule is CCCOC(=O)n1nc(C(F)(F)F)cc1-c1ccc(C)cc1. The van der Waals surface area contributed by atoms with Crippen molar-refractivity contribution in [1.82, 2.24) is 9.78 Å². The molecule has 0 amide bonds. The van der Waals surface area contributed by atoms with Gasteiger partial charge in [0.2, 0.25) is 0 Å². The second-order valence-electron chi connectivity index (χ2n) is 4.80. The molecule has 1 aromatic carbocycles. The minimum Gasteiger partial charge on any atom is -0.448 e. The Morgan fingerprint density at radius 1 is 1.27 bits per heavy atom. The van der Waals surface area contributed by atoms with Crippen LogP contribution in [-0.4, -0.2) is 22.5 Å². The van der Waals surface area contributed by atoms with Crippen LogP contribution >= 0.6 is 0 Å². The molecule has 0 aliphatic carbocycles. The molecule has 7 heteroatoms. The Morgan fingerprint density at radius 3 is 2.45 bits per heavy atom. The topological polar surface area (TPSA) is 44.1 Å². The summed E-state index contributed by atoms with van der Waals surface area (Å²) in [4.78, 5) is 11.9. The molecular formula is C15H15F3N2O2. The van der Waals surface area contributed by atoms with Crippen molar-refractivity contribution in [3.63, 3.8) is 0 Å². The Bertz CT molecular complexity index is 660. The van der Waals surface area contributed by atoms with Crippen LogP contribution in [0.25, 0.3) is 11.3 Å². The Balaban J connectivity index is 2.48. The zero-order valence-corrected chi connectivity index (χ0v) is 12.1. The summed E-state index contributed by atoms with van der Waals surface area (Å²) >= 11 is 0. The van der Waals surface area contributed by atoms with Gasteiger partial charge in [-0.15, -0.1) is 0 Å². The van der Waals surface area contributed by atoms with Crippen LogP contribution in [0.1, 0.15) is 24.6 Å². The highest BCUT2D eigenvalue weighted by molar-refractivity contribution is 5.77. The Kier molecular flexibility index (Phi) is 4.54. The molecular weight excluding hydrogens is 297 g/mol. The summed E-state index contributed by atoms with van der Waals surface area (Å²) in [6, 6.07) is 7.61. The van der Waals surface area contributed by atoms with E-state index in [0.717, 1.165) is 11.6 Å². The Hall–Kier alpha value is -2.31. The second kappa shape index (κ2) is 6.21. The summed E-state index contributed by atoms with van der Waals surface area (Å²) in [6.45, 7) is 3.77. The van der Waals surface area contributed by atoms with E-state index in [1.54, 1.807) is 31.2 Å². The van der Waals surface area contributed by atoms with Crippen molar-refractivity contribution < 1.29 is 22.7 Å². The monoisotopic (exact) mass is 312 g/mol. The first kappa shape index (κ1) is 16.1. The van der Waals surface area contributed by atoms with Crippen molar-refractivity contribution in [3.05, 3.63) is 41.6 Å². The number of rotatable bonds is 3. The number of benzene rings is 1. The number of hydrogen-bond acceptors (Lipinski definition) is 3. The fraction of sp³-hybridized carbons (Fsp3) is 0.333. The summed E-state index contributed by atoms with van der Waals surface area (Å²) in [5, 5.41) is 3.35. The van der Waals surface area contributed by atoms with Crippen LogP contribution in [0.2, 0.25) is 0 Å². The lowest BCUT2D eigenvalue weighted by Gasteiger charge is -2.07. The van der Waals surface area contributed by atoms with Crippen molar-refractivity contribution in [2.45, 2.75) is 26.4 Å². The van der Waals surface area contributed by atoms with E-state index in [4.69, 9.17) is 4.74 Å². The molecule has 0 radical (unpaired) electrons. The first-order valence-electron chi connectivity index (χ1n) is 6.74. The van der Waals surface area contributed by atoms with E-state index in [1.807, 2.05) is 6.92 Å². The molecule has 0 spiro atoms. The zero-order valence-electron chi connectivity index (χ0n) is 12.1. The third kappa shape index (κ3) is 3.47. The summed E-state index contributed by atoms with van der Waals surface area (Å²) in [6.07, 6.45) is -4.98. The summed E-state index contributed by atoms with van der Waals surface area (Å²) in [5.74, 6) is 0. The normalized spacial score (nSPS) is 11.5. The third-order valence-corrected chi connectivity index (χ3v) is 2.95. The van der Waals surface area contributed by atoms with Crippen molar-refractivity contribution >= 4 is 6.09 Å². The van der Waals surface area contributed by atoms with Crippen LogP contribution in [0, 0.1) is 6.92 Å². The first-order chi connectivity index (χ1) is 10.3. The molecule has 1 heterocycles. The number of halogens is 3. The van der Waals surface area contributed by atoms with Gasteiger partial charge in [-0.2, -0.15) is 23.0 Å². The number of alkyl halides is 3. The molecule has 0 saturated carbocycles. The van der Waals surface area contributed by atoms with Gasteiger partial charge >= 0.3 is 12.3 Å². The lowest BCUT2D eigenvalue weighted by Crippen LogP contribution is -2.18. The van der Waals surface area contributed by atoms with Crippen LogP contribution in [-0.2, 0) is 10.9 Å². The molecule has 1 aromatic heterocycles. The number of nitrogens with zero attached hydrogens (tertiary/aromatic N) is 2. The molecule has 2 rings (SSSR count). The van der Waals surface area contributed by atoms with E-state index in [1.165, 1.54) is 0 Å². The number of ether oxygens (including phenoxy) is 1. The molecule has 0 aliphatic heterocycles. The lowest BCUT2D eigenvalue weighted by atomic mass is 10.1. The van der Waals surface area contributed by atoms with Gasteiger partial charge in [-0.1, -0.05) is 36.8 Å². The van der Waals surface area contributed by atoms with Gasteiger partial charge in [0.1, 0.15) is 0 Å². The van der Waals surface area contributed by atoms with E-state index in [-0.39, 0.29) is 12.3 Å². The van der Waals surface area contributed by atoms with Crippen molar-refractivity contribution in [1.29, 1.82) is 0 Å². The van der Waals surface area contributed by atoms with Crippen molar-refractivity contribution in [2.75, 3.05) is 6.61 Å². The number of aromatic nitrogens is 2. The Morgan fingerprint density at radius 2 is 1.91 bits per heavy atom. The third-order valence-electron chi connectivity index (χ3n) is 2.95. The molecule has 0 bridgehead atoms. The van der Waals surface area contributed by atoms with Crippen LogP contribution in [0.4, 0.5) is 18.0 Å². The van der Waals surface area contributed by atoms with E-state index in [0.29, 0.717) is 16.7 Å². The van der Waals surface area contributed by atoms with Crippen LogP contribution in [0.5, 0.6) is 0 Å². The summed E-state index contributed by atoms with van der Waals surface area (Å²) in [7, 11) is 0. The number of hydrogen-bond donors (Lipinski definition) is 0. The largest absolute Gasteiger partial charge is 0.448 e. The molecule has 118 valence electrons. The second-order valence-corrected chi connectivity index (χ2v) is 4.80. The molecule has 0 N–H and O–H groups in total. The maximum Gasteiger partial charge on any atom is 0.435 e. The van der Waals surface area contributed by atoms with Gasteiger partial charge in [0, 0.05) is 5.56 Å². The maximum absolute atomic E-state index is 12.8. The maximum atomic E-state index is 12.8. The zero-order chi connectivity index (χ0) is 16.3. The summed E-state index contributed by atoms with van der Waals surface area (Å²) < 4.78 is 44.1. The fourth-order valence-corrected chi connectivity index (χ4v) is 1.84. The molecule has 4 nitrogen and oxygen atoms in total. The lowest BCUT2D eigenvalue weighted by molar-refractivity contribution is -0.141. The average molecular weight is 312 g/mol. The first-order valence-corrected chi connectivity index (χ1v) is 6.74. The van der Waals surface area contributed by atoms with Gasteiger partial charge in [-0.05, 0) is 19.4 Å². The minimum atomic E-state index is -4.63. The standard InChI is InChI=1S/C15H15F3N2O2/c1-3-8-22-14(21)20-12(9-13(19-20)15(16,17)18)11-6-4-10(2)5-7-11/h4-7,9H,3,8H2,1-2H3. The Labute approximate surface area is 125 Å². The fourth-order valence-electron chi connectivity index (χ4n) is 1.84. The highest BCUT2D eigenvalue weighted by Gasteiger charge is 2.36. The van der Waals surface area contributed by atoms with Crippen molar-refractivity contribution in [2.24, 2.45) is 0 Å². The van der Waals surface area contributed by atoms with E-state index in [9.17, 15) is 18.0 Å². The highest BCUT2D eigenvalue weighted by Crippen LogP contribution is 2.32.